The van der Waals surface area contributed by atoms with Crippen LogP contribution in [0.4, 0.5) is 10.1 Å². The first-order valence-electron chi connectivity index (χ1n) is 6.29. The third-order valence-electron chi connectivity index (χ3n) is 3.60. The Morgan fingerprint density at radius 3 is 2.90 bits per heavy atom. The number of benzene rings is 1. The van der Waals surface area contributed by atoms with Crippen molar-refractivity contribution >= 4 is 23.2 Å². The molecule has 0 aliphatic carbocycles. The summed E-state index contributed by atoms with van der Waals surface area (Å²) >= 11 is 5.77. The van der Waals surface area contributed by atoms with E-state index in [0.717, 1.165) is 6.07 Å². The van der Waals surface area contributed by atoms with Crippen molar-refractivity contribution in [2.24, 2.45) is 0 Å². The molecule has 0 spiro atoms. The summed E-state index contributed by atoms with van der Waals surface area (Å²) in [6.45, 7) is 1.47. The number of hydrogen-bond acceptors (Lipinski definition) is 4. The van der Waals surface area contributed by atoms with Crippen molar-refractivity contribution in [1.82, 2.24) is 9.80 Å². The maximum Gasteiger partial charge on any atom is 0.256 e. The van der Waals surface area contributed by atoms with Gasteiger partial charge in [-0.15, -0.1) is 0 Å². The number of carbonyl (C=O) groups is 1. The van der Waals surface area contributed by atoms with Crippen LogP contribution in [-0.2, 0) is 0 Å². The van der Waals surface area contributed by atoms with Crippen LogP contribution in [0.3, 0.4) is 0 Å². The Morgan fingerprint density at radius 2 is 2.25 bits per heavy atom. The van der Waals surface area contributed by atoms with Crippen LogP contribution >= 0.6 is 11.6 Å². The van der Waals surface area contributed by atoms with E-state index >= 15 is 0 Å². The first-order valence-corrected chi connectivity index (χ1v) is 6.66. The highest BCUT2D eigenvalue weighted by atomic mass is 35.5. The molecule has 1 heterocycles. The van der Waals surface area contributed by atoms with E-state index in [2.05, 4.69) is 0 Å². The number of amides is 1. The van der Waals surface area contributed by atoms with Crippen LogP contribution in [0.2, 0.25) is 5.02 Å². The highest BCUT2D eigenvalue weighted by Gasteiger charge is 2.28. The van der Waals surface area contributed by atoms with Crippen molar-refractivity contribution in [3.8, 4) is 0 Å². The summed E-state index contributed by atoms with van der Waals surface area (Å²) in [5, 5.41) is 9.42. The van der Waals surface area contributed by atoms with Gasteiger partial charge >= 0.3 is 0 Å². The number of piperazine rings is 1. The van der Waals surface area contributed by atoms with Crippen LogP contribution in [0.25, 0.3) is 0 Å². The highest BCUT2D eigenvalue weighted by Crippen LogP contribution is 2.24. The molecule has 1 atom stereocenters. The Labute approximate surface area is 121 Å². The number of nitrogens with zero attached hydrogens (tertiary/aromatic N) is 2. The number of likely N-dealkylation sites (N-methyl/N-ethyl adjacent to an activating group) is 1. The van der Waals surface area contributed by atoms with E-state index in [1.165, 1.54) is 6.07 Å². The molecule has 0 saturated carbocycles. The SMILES string of the molecule is CN1CCN(C(=O)c2cc(Cl)cc(F)c2N)C[C@H]1CO. The zero-order chi connectivity index (χ0) is 14.9. The molecule has 1 aromatic carbocycles. The van der Waals surface area contributed by atoms with E-state index in [1.807, 2.05) is 11.9 Å². The molecule has 7 heteroatoms. The maximum absolute atomic E-state index is 13.5. The minimum atomic E-state index is -0.700. The predicted octanol–water partition coefficient (Wildman–Crippen LogP) is 0.810. The van der Waals surface area contributed by atoms with Gasteiger partial charge in [-0.3, -0.25) is 9.69 Å². The average molecular weight is 302 g/mol. The van der Waals surface area contributed by atoms with Crippen molar-refractivity contribution in [2.75, 3.05) is 39.0 Å². The van der Waals surface area contributed by atoms with Crippen molar-refractivity contribution in [1.29, 1.82) is 0 Å². The molecule has 1 saturated heterocycles. The number of rotatable bonds is 2. The molecule has 0 bridgehead atoms. The Bertz CT molecular complexity index is 527. The molecule has 20 heavy (non-hydrogen) atoms. The summed E-state index contributed by atoms with van der Waals surface area (Å²) < 4.78 is 13.5. The van der Waals surface area contributed by atoms with Crippen LogP contribution in [0, 0.1) is 5.82 Å². The van der Waals surface area contributed by atoms with Gasteiger partial charge in [0, 0.05) is 24.7 Å². The van der Waals surface area contributed by atoms with Gasteiger partial charge in [0.05, 0.1) is 23.9 Å². The molecule has 1 amide bonds. The summed E-state index contributed by atoms with van der Waals surface area (Å²) in [6, 6.07) is 2.32. The number of hydrogen-bond donors (Lipinski definition) is 2. The molecule has 1 aromatic rings. The molecule has 3 N–H and O–H groups in total. The van der Waals surface area contributed by atoms with E-state index in [0.29, 0.717) is 19.6 Å². The first-order chi connectivity index (χ1) is 9.43. The summed E-state index contributed by atoms with van der Waals surface area (Å²) in [5.74, 6) is -1.07. The first kappa shape index (κ1) is 15.0. The smallest absolute Gasteiger partial charge is 0.256 e. The fraction of sp³-hybridized carbons (Fsp3) is 0.462. The second-order valence-electron chi connectivity index (χ2n) is 4.92. The zero-order valence-electron chi connectivity index (χ0n) is 11.1. The van der Waals surface area contributed by atoms with Gasteiger partial charge in [0.2, 0.25) is 0 Å². The van der Waals surface area contributed by atoms with Crippen molar-refractivity contribution in [3.05, 3.63) is 28.5 Å². The molecule has 5 nitrogen and oxygen atoms in total. The molecule has 1 fully saturated rings. The number of halogens is 2. The number of nitrogens with two attached hydrogens (primary N) is 1. The highest BCUT2D eigenvalue weighted by molar-refractivity contribution is 6.31. The summed E-state index contributed by atoms with van der Waals surface area (Å²) in [6.07, 6.45) is 0. The van der Waals surface area contributed by atoms with Crippen LogP contribution in [0.15, 0.2) is 12.1 Å². The quantitative estimate of drug-likeness (QED) is 0.793. The second kappa shape index (κ2) is 5.95. The second-order valence-corrected chi connectivity index (χ2v) is 5.35. The molecular weight excluding hydrogens is 285 g/mol. The molecule has 2 rings (SSSR count). The van der Waals surface area contributed by atoms with Gasteiger partial charge in [-0.2, -0.15) is 0 Å². The maximum atomic E-state index is 13.5. The van der Waals surface area contributed by atoms with Gasteiger partial charge in [-0.05, 0) is 19.2 Å². The van der Waals surface area contributed by atoms with E-state index in [9.17, 15) is 14.3 Å². The Morgan fingerprint density at radius 1 is 1.55 bits per heavy atom. The molecule has 1 aliphatic heterocycles. The number of aliphatic hydroxyl groups is 1. The molecule has 0 unspecified atom stereocenters. The van der Waals surface area contributed by atoms with Gasteiger partial charge in [0.1, 0.15) is 5.82 Å². The Hall–Kier alpha value is -1.37. The predicted molar refractivity (Wildman–Crippen MR) is 75.2 cm³/mol. The van der Waals surface area contributed by atoms with Crippen molar-refractivity contribution in [3.63, 3.8) is 0 Å². The lowest BCUT2D eigenvalue weighted by molar-refractivity contribution is 0.0421. The lowest BCUT2D eigenvalue weighted by Crippen LogP contribution is -2.54. The fourth-order valence-electron chi connectivity index (χ4n) is 2.26. The van der Waals surface area contributed by atoms with E-state index in [4.69, 9.17) is 17.3 Å². The standard InChI is InChI=1S/C13H17ClFN3O2/c1-17-2-3-18(6-9(17)7-19)13(20)10-4-8(14)5-11(15)12(10)16/h4-5,9,19H,2-3,6-7,16H2,1H3/t9-/m0/s1. The number of carbonyl (C=O) groups excluding carboxylic acids is 1. The molecule has 1 aliphatic rings. The number of nitrogen functional groups attached to an aromatic ring is 1. The lowest BCUT2D eigenvalue weighted by Gasteiger charge is -2.38. The Kier molecular flexibility index (Phi) is 4.47. The van der Waals surface area contributed by atoms with E-state index < -0.39 is 5.82 Å². The molecule has 0 aromatic heterocycles. The van der Waals surface area contributed by atoms with Crippen LogP contribution in [0.5, 0.6) is 0 Å². The third kappa shape index (κ3) is 2.87. The average Bonchev–Trinajstić information content (AvgIpc) is 2.42. The third-order valence-corrected chi connectivity index (χ3v) is 3.82. The minimum Gasteiger partial charge on any atom is -0.396 e. The van der Waals surface area contributed by atoms with E-state index in [-0.39, 0.29) is 34.8 Å². The molecule has 0 radical (unpaired) electrons. The van der Waals surface area contributed by atoms with Crippen molar-refractivity contribution < 1.29 is 14.3 Å². The summed E-state index contributed by atoms with van der Waals surface area (Å²) in [7, 11) is 1.89. The minimum absolute atomic E-state index is 0.0420. The number of anilines is 1. The molecule has 110 valence electrons. The zero-order valence-corrected chi connectivity index (χ0v) is 11.9. The largest absolute Gasteiger partial charge is 0.396 e. The lowest BCUT2D eigenvalue weighted by atomic mass is 10.1. The van der Waals surface area contributed by atoms with Crippen LogP contribution in [0.1, 0.15) is 10.4 Å². The van der Waals surface area contributed by atoms with Gasteiger partial charge in [-0.25, -0.2) is 4.39 Å². The van der Waals surface area contributed by atoms with Gasteiger partial charge < -0.3 is 15.7 Å². The van der Waals surface area contributed by atoms with Gasteiger partial charge in [0.25, 0.3) is 5.91 Å². The van der Waals surface area contributed by atoms with Gasteiger partial charge in [-0.1, -0.05) is 11.6 Å². The van der Waals surface area contributed by atoms with E-state index in [1.54, 1.807) is 4.90 Å². The van der Waals surface area contributed by atoms with Crippen LogP contribution < -0.4 is 5.73 Å². The normalized spacial score (nSPS) is 20.2. The Balaban J connectivity index is 2.24. The topological polar surface area (TPSA) is 69.8 Å². The van der Waals surface area contributed by atoms with Crippen molar-refractivity contribution in [2.45, 2.75) is 6.04 Å². The van der Waals surface area contributed by atoms with Crippen LogP contribution in [-0.4, -0.2) is 60.1 Å². The molecular formula is C13H17ClFN3O2. The fourth-order valence-corrected chi connectivity index (χ4v) is 2.46. The summed E-state index contributed by atoms with van der Waals surface area (Å²) in [5.41, 5.74) is 5.48. The monoisotopic (exact) mass is 301 g/mol. The summed E-state index contributed by atoms with van der Waals surface area (Å²) in [4.78, 5) is 15.9. The number of aliphatic hydroxyl groups excluding tert-OH is 1. The van der Waals surface area contributed by atoms with Gasteiger partial charge in [0.15, 0.2) is 0 Å².